The molecule has 0 bridgehead atoms. The van der Waals surface area contributed by atoms with Crippen LogP contribution in [0.4, 0.5) is 18.9 Å². The van der Waals surface area contributed by atoms with Crippen molar-refractivity contribution in [3.63, 3.8) is 0 Å². The second-order valence-corrected chi connectivity index (χ2v) is 5.17. The summed E-state index contributed by atoms with van der Waals surface area (Å²) in [6, 6.07) is 7.81. The van der Waals surface area contributed by atoms with E-state index in [1.807, 2.05) is 0 Å². The third-order valence-electron chi connectivity index (χ3n) is 3.21. The molecule has 0 aliphatic heterocycles. The summed E-state index contributed by atoms with van der Waals surface area (Å²) in [7, 11) is 1.31. The van der Waals surface area contributed by atoms with Crippen molar-refractivity contribution in [3.8, 4) is 11.8 Å². The van der Waals surface area contributed by atoms with E-state index >= 15 is 0 Å². The standard InChI is InChI=1S/C16H12F3N5O2/c1-24-9-12(13(23-24)16(17,18)19)14(25)22-10-3-5-11(6-4-10)26-15-20-7-2-8-21-15/h2-9H,1H3,(H,22,25). The van der Waals surface area contributed by atoms with E-state index < -0.39 is 23.3 Å². The Morgan fingerprint density at radius 2 is 1.81 bits per heavy atom. The molecule has 26 heavy (non-hydrogen) atoms. The van der Waals surface area contributed by atoms with Crippen molar-refractivity contribution >= 4 is 11.6 Å². The van der Waals surface area contributed by atoms with Crippen LogP contribution in [0.3, 0.4) is 0 Å². The summed E-state index contributed by atoms with van der Waals surface area (Å²) in [6.07, 6.45) is -0.671. The number of amides is 1. The molecule has 7 nitrogen and oxygen atoms in total. The van der Waals surface area contributed by atoms with Crippen LogP contribution in [-0.4, -0.2) is 25.7 Å². The molecule has 134 valence electrons. The fourth-order valence-electron chi connectivity index (χ4n) is 2.11. The molecule has 3 rings (SSSR count). The molecule has 0 aliphatic rings. The zero-order chi connectivity index (χ0) is 18.7. The Morgan fingerprint density at radius 1 is 1.15 bits per heavy atom. The van der Waals surface area contributed by atoms with E-state index in [9.17, 15) is 18.0 Å². The summed E-state index contributed by atoms with van der Waals surface area (Å²) in [6.45, 7) is 0. The third kappa shape index (κ3) is 3.97. The SMILES string of the molecule is Cn1cc(C(=O)Nc2ccc(Oc3ncccn3)cc2)c(C(F)(F)F)n1. The van der Waals surface area contributed by atoms with Crippen molar-refractivity contribution in [1.29, 1.82) is 0 Å². The van der Waals surface area contributed by atoms with Gasteiger partial charge in [0.25, 0.3) is 5.91 Å². The lowest BCUT2D eigenvalue weighted by Gasteiger charge is -2.08. The minimum absolute atomic E-state index is 0.148. The minimum Gasteiger partial charge on any atom is -0.424 e. The number of nitrogens with zero attached hydrogens (tertiary/aromatic N) is 4. The number of benzene rings is 1. The molecule has 0 saturated carbocycles. The average molecular weight is 363 g/mol. The molecule has 0 saturated heterocycles. The summed E-state index contributed by atoms with van der Waals surface area (Å²) in [4.78, 5) is 20.0. The first kappa shape index (κ1) is 17.4. The number of carbonyl (C=O) groups is 1. The second-order valence-electron chi connectivity index (χ2n) is 5.17. The molecule has 2 aromatic heterocycles. The largest absolute Gasteiger partial charge is 0.435 e. The number of alkyl halides is 3. The van der Waals surface area contributed by atoms with E-state index in [0.717, 1.165) is 10.9 Å². The van der Waals surface area contributed by atoms with Gasteiger partial charge in [0, 0.05) is 31.3 Å². The van der Waals surface area contributed by atoms with Crippen LogP contribution in [0, 0.1) is 0 Å². The normalized spacial score (nSPS) is 11.2. The number of carbonyl (C=O) groups excluding carboxylic acids is 1. The molecule has 1 N–H and O–H groups in total. The Hall–Kier alpha value is -3.43. The van der Waals surface area contributed by atoms with Gasteiger partial charge in [0.2, 0.25) is 0 Å². The smallest absolute Gasteiger partial charge is 0.424 e. The van der Waals surface area contributed by atoms with Crippen LogP contribution in [0.2, 0.25) is 0 Å². The molecule has 2 heterocycles. The van der Waals surface area contributed by atoms with Crippen molar-refractivity contribution < 1.29 is 22.7 Å². The fraction of sp³-hybridized carbons (Fsp3) is 0.125. The lowest BCUT2D eigenvalue weighted by molar-refractivity contribution is -0.141. The number of aromatic nitrogens is 4. The maximum atomic E-state index is 12.9. The quantitative estimate of drug-likeness (QED) is 0.769. The van der Waals surface area contributed by atoms with Crippen LogP contribution in [-0.2, 0) is 13.2 Å². The van der Waals surface area contributed by atoms with Crippen molar-refractivity contribution in [2.75, 3.05) is 5.32 Å². The van der Waals surface area contributed by atoms with Gasteiger partial charge in [0.05, 0.1) is 5.56 Å². The van der Waals surface area contributed by atoms with Crippen LogP contribution >= 0.6 is 0 Å². The highest BCUT2D eigenvalue weighted by molar-refractivity contribution is 6.05. The van der Waals surface area contributed by atoms with Gasteiger partial charge in [0.15, 0.2) is 5.69 Å². The van der Waals surface area contributed by atoms with Gasteiger partial charge in [-0.1, -0.05) is 0 Å². The average Bonchev–Trinajstić information content (AvgIpc) is 3.00. The van der Waals surface area contributed by atoms with Crippen molar-refractivity contribution in [2.45, 2.75) is 6.18 Å². The number of rotatable bonds is 4. The maximum absolute atomic E-state index is 12.9. The van der Waals surface area contributed by atoms with E-state index in [0.29, 0.717) is 11.4 Å². The molecular weight excluding hydrogens is 351 g/mol. The molecule has 1 aromatic carbocycles. The van der Waals surface area contributed by atoms with Crippen molar-refractivity contribution in [3.05, 3.63) is 60.2 Å². The number of hydrogen-bond donors (Lipinski definition) is 1. The molecular formula is C16H12F3N5O2. The highest BCUT2D eigenvalue weighted by Crippen LogP contribution is 2.31. The zero-order valence-corrected chi connectivity index (χ0v) is 13.4. The monoisotopic (exact) mass is 363 g/mol. The first-order chi connectivity index (χ1) is 12.3. The van der Waals surface area contributed by atoms with Crippen molar-refractivity contribution in [1.82, 2.24) is 19.7 Å². The van der Waals surface area contributed by atoms with Gasteiger partial charge >= 0.3 is 12.2 Å². The van der Waals surface area contributed by atoms with E-state index in [1.165, 1.54) is 43.7 Å². The second kappa shape index (κ2) is 6.82. The van der Waals surface area contributed by atoms with Gasteiger partial charge in [-0.15, -0.1) is 0 Å². The molecule has 0 fully saturated rings. The highest BCUT2D eigenvalue weighted by Gasteiger charge is 2.38. The predicted molar refractivity (Wildman–Crippen MR) is 84.7 cm³/mol. The van der Waals surface area contributed by atoms with E-state index in [2.05, 4.69) is 20.4 Å². The molecule has 10 heteroatoms. The zero-order valence-electron chi connectivity index (χ0n) is 13.4. The molecule has 0 spiro atoms. The van der Waals surface area contributed by atoms with Crippen LogP contribution in [0.1, 0.15) is 16.1 Å². The minimum atomic E-state index is -4.72. The number of ether oxygens (including phenoxy) is 1. The number of hydrogen-bond acceptors (Lipinski definition) is 5. The summed E-state index contributed by atoms with van der Waals surface area (Å²) in [5, 5.41) is 5.70. The highest BCUT2D eigenvalue weighted by atomic mass is 19.4. The first-order valence-electron chi connectivity index (χ1n) is 7.30. The lowest BCUT2D eigenvalue weighted by atomic mass is 10.2. The number of anilines is 1. The maximum Gasteiger partial charge on any atom is 0.435 e. The number of halogens is 3. The van der Waals surface area contributed by atoms with Gasteiger partial charge in [-0.2, -0.15) is 18.3 Å². The Morgan fingerprint density at radius 3 is 2.42 bits per heavy atom. The Balaban J connectivity index is 1.73. The molecule has 1 amide bonds. The van der Waals surface area contributed by atoms with Gasteiger partial charge in [-0.25, -0.2) is 9.97 Å². The summed E-state index contributed by atoms with van der Waals surface area (Å²) in [5.41, 5.74) is -1.50. The van der Waals surface area contributed by atoms with E-state index in [1.54, 1.807) is 6.07 Å². The van der Waals surface area contributed by atoms with Crippen molar-refractivity contribution in [2.24, 2.45) is 7.05 Å². The summed E-state index contributed by atoms with van der Waals surface area (Å²) in [5.74, 6) is -0.503. The Labute approximate surface area is 145 Å². The molecule has 0 atom stereocenters. The summed E-state index contributed by atoms with van der Waals surface area (Å²) < 4.78 is 45.1. The Kier molecular flexibility index (Phi) is 4.57. The number of nitrogens with one attached hydrogen (secondary N) is 1. The van der Waals surface area contributed by atoms with Crippen LogP contribution in [0.5, 0.6) is 11.8 Å². The molecule has 0 unspecified atom stereocenters. The van der Waals surface area contributed by atoms with Gasteiger partial charge in [0.1, 0.15) is 5.75 Å². The lowest BCUT2D eigenvalue weighted by Crippen LogP contribution is -2.17. The topological polar surface area (TPSA) is 81.9 Å². The van der Waals surface area contributed by atoms with Crippen LogP contribution < -0.4 is 10.1 Å². The van der Waals surface area contributed by atoms with Crippen LogP contribution in [0.15, 0.2) is 48.9 Å². The molecule has 3 aromatic rings. The third-order valence-corrected chi connectivity index (χ3v) is 3.21. The fourth-order valence-corrected chi connectivity index (χ4v) is 2.11. The predicted octanol–water partition coefficient (Wildman–Crippen LogP) is 3.27. The first-order valence-corrected chi connectivity index (χ1v) is 7.30. The van der Waals surface area contributed by atoms with Gasteiger partial charge in [-0.05, 0) is 30.3 Å². The molecule has 0 aliphatic carbocycles. The molecule has 0 radical (unpaired) electrons. The van der Waals surface area contributed by atoms with Crippen LogP contribution in [0.25, 0.3) is 0 Å². The van der Waals surface area contributed by atoms with Gasteiger partial charge in [-0.3, -0.25) is 9.48 Å². The Bertz CT molecular complexity index is 908. The van der Waals surface area contributed by atoms with Gasteiger partial charge < -0.3 is 10.1 Å². The number of aryl methyl sites for hydroxylation is 1. The van der Waals surface area contributed by atoms with E-state index in [-0.39, 0.29) is 6.01 Å². The van der Waals surface area contributed by atoms with E-state index in [4.69, 9.17) is 4.74 Å². The summed E-state index contributed by atoms with van der Waals surface area (Å²) >= 11 is 0.